The monoisotopic (exact) mass is 276 g/mol. The Morgan fingerprint density at radius 1 is 0.900 bits per heavy atom. The van der Waals surface area contributed by atoms with Crippen molar-refractivity contribution in [2.45, 2.75) is 0 Å². The van der Waals surface area contributed by atoms with Gasteiger partial charge < -0.3 is 19.5 Å². The van der Waals surface area contributed by atoms with Gasteiger partial charge in [0.05, 0.1) is 0 Å². The van der Waals surface area contributed by atoms with Crippen LogP contribution < -0.4 is 14.9 Å². The summed E-state index contributed by atoms with van der Waals surface area (Å²) in [4.78, 5) is 0. The highest BCUT2D eigenvalue weighted by molar-refractivity contribution is 6.58. The maximum Gasteiger partial charge on any atom is 0.488 e. The van der Waals surface area contributed by atoms with E-state index >= 15 is 0 Å². The lowest BCUT2D eigenvalue weighted by molar-refractivity contribution is 0.216. The summed E-state index contributed by atoms with van der Waals surface area (Å²) in [6.07, 6.45) is 0. The van der Waals surface area contributed by atoms with E-state index in [4.69, 9.17) is 19.5 Å². The summed E-state index contributed by atoms with van der Waals surface area (Å²) in [5.41, 5.74) is 0.397. The van der Waals surface area contributed by atoms with Crippen LogP contribution in [0.25, 0.3) is 0 Å². The van der Waals surface area contributed by atoms with Gasteiger partial charge in [-0.15, -0.1) is 0 Å². The molecule has 0 amide bonds. The van der Waals surface area contributed by atoms with Gasteiger partial charge in [-0.25, -0.2) is 4.39 Å². The fraction of sp³-hybridized carbons (Fsp3) is 0.143. The molecule has 0 bridgehead atoms. The Morgan fingerprint density at radius 3 is 2.15 bits per heavy atom. The van der Waals surface area contributed by atoms with Gasteiger partial charge in [-0.2, -0.15) is 0 Å². The van der Waals surface area contributed by atoms with Crippen LogP contribution in [0, 0.1) is 5.82 Å². The van der Waals surface area contributed by atoms with Crippen LogP contribution >= 0.6 is 0 Å². The third kappa shape index (κ3) is 4.26. The number of ether oxygens (including phenoxy) is 2. The molecule has 6 heteroatoms. The first-order valence-corrected chi connectivity index (χ1v) is 6.12. The zero-order valence-corrected chi connectivity index (χ0v) is 10.7. The quantitative estimate of drug-likeness (QED) is 0.609. The van der Waals surface area contributed by atoms with Gasteiger partial charge in [0, 0.05) is 6.07 Å². The van der Waals surface area contributed by atoms with E-state index in [2.05, 4.69) is 0 Å². The van der Waals surface area contributed by atoms with E-state index < -0.39 is 7.12 Å². The summed E-state index contributed by atoms with van der Waals surface area (Å²) >= 11 is 0. The summed E-state index contributed by atoms with van der Waals surface area (Å²) in [7, 11) is -1.49. The van der Waals surface area contributed by atoms with Crippen molar-refractivity contribution in [3.63, 3.8) is 0 Å². The van der Waals surface area contributed by atoms with Crippen LogP contribution in [-0.4, -0.2) is 30.4 Å². The van der Waals surface area contributed by atoms with E-state index in [1.165, 1.54) is 12.1 Å². The van der Waals surface area contributed by atoms with Gasteiger partial charge >= 0.3 is 7.12 Å². The average molecular weight is 276 g/mol. The maximum absolute atomic E-state index is 12.9. The molecule has 0 saturated heterocycles. The molecular weight excluding hydrogens is 262 g/mol. The molecule has 2 rings (SSSR count). The molecule has 0 fully saturated rings. The van der Waals surface area contributed by atoms with Gasteiger partial charge in [-0.05, 0) is 29.7 Å². The summed E-state index contributed by atoms with van der Waals surface area (Å²) in [5.74, 6) is 0.700. The molecule has 0 aliphatic carbocycles. The van der Waals surface area contributed by atoms with Crippen LogP contribution in [0.3, 0.4) is 0 Å². The third-order valence-corrected chi connectivity index (χ3v) is 2.60. The fourth-order valence-corrected chi connectivity index (χ4v) is 1.61. The van der Waals surface area contributed by atoms with Gasteiger partial charge in [-0.3, -0.25) is 0 Å². The van der Waals surface area contributed by atoms with Gasteiger partial charge in [0.15, 0.2) is 0 Å². The van der Waals surface area contributed by atoms with Crippen LogP contribution in [0.5, 0.6) is 11.5 Å². The number of benzene rings is 2. The molecule has 0 radical (unpaired) electrons. The highest BCUT2D eigenvalue weighted by Gasteiger charge is 2.09. The molecule has 0 unspecified atom stereocenters. The Hall–Kier alpha value is -2.05. The molecule has 104 valence electrons. The Morgan fingerprint density at radius 2 is 1.55 bits per heavy atom. The van der Waals surface area contributed by atoms with E-state index in [1.54, 1.807) is 36.4 Å². The van der Waals surface area contributed by atoms with Crippen LogP contribution in [0.15, 0.2) is 48.5 Å². The van der Waals surface area contributed by atoms with Crippen molar-refractivity contribution in [2.24, 2.45) is 0 Å². The average Bonchev–Trinajstić information content (AvgIpc) is 2.44. The predicted octanol–water partition coefficient (Wildman–Crippen LogP) is 0.963. The van der Waals surface area contributed by atoms with Crippen molar-refractivity contribution >= 4 is 12.6 Å². The number of halogens is 1. The Bertz CT molecular complexity index is 545. The second-order valence-corrected chi connectivity index (χ2v) is 4.10. The lowest BCUT2D eigenvalue weighted by Gasteiger charge is -2.09. The van der Waals surface area contributed by atoms with E-state index in [1.807, 2.05) is 0 Å². The largest absolute Gasteiger partial charge is 0.490 e. The molecule has 4 nitrogen and oxygen atoms in total. The molecular formula is C14H14BFO4. The van der Waals surface area contributed by atoms with Crippen molar-refractivity contribution in [1.29, 1.82) is 0 Å². The van der Waals surface area contributed by atoms with Crippen LogP contribution in [0.1, 0.15) is 0 Å². The first kappa shape index (κ1) is 14.4. The second-order valence-electron chi connectivity index (χ2n) is 4.10. The molecule has 0 atom stereocenters. The first-order chi connectivity index (χ1) is 9.65. The summed E-state index contributed by atoms with van der Waals surface area (Å²) in [6.45, 7) is 0.589. The Kier molecular flexibility index (Phi) is 4.98. The Balaban J connectivity index is 1.75. The van der Waals surface area contributed by atoms with E-state index in [0.717, 1.165) is 0 Å². The van der Waals surface area contributed by atoms with Gasteiger partial charge in [0.2, 0.25) is 0 Å². The summed E-state index contributed by atoms with van der Waals surface area (Å²) in [6, 6.07) is 12.3. The van der Waals surface area contributed by atoms with Gasteiger partial charge in [0.25, 0.3) is 0 Å². The van der Waals surface area contributed by atoms with E-state index in [0.29, 0.717) is 23.6 Å². The van der Waals surface area contributed by atoms with Crippen LogP contribution in [-0.2, 0) is 0 Å². The Labute approximate surface area is 116 Å². The van der Waals surface area contributed by atoms with Crippen molar-refractivity contribution in [3.8, 4) is 11.5 Å². The zero-order chi connectivity index (χ0) is 14.4. The summed E-state index contributed by atoms with van der Waals surface area (Å²) < 4.78 is 23.6. The molecule has 0 aromatic heterocycles. The van der Waals surface area contributed by atoms with Crippen LogP contribution in [0.4, 0.5) is 4.39 Å². The normalized spacial score (nSPS) is 10.2. The fourth-order valence-electron chi connectivity index (χ4n) is 1.61. The van der Waals surface area contributed by atoms with Gasteiger partial charge in [0.1, 0.15) is 30.5 Å². The smallest absolute Gasteiger partial charge is 0.488 e. The molecule has 2 aromatic carbocycles. The number of rotatable bonds is 6. The second kappa shape index (κ2) is 6.93. The van der Waals surface area contributed by atoms with Gasteiger partial charge in [-0.1, -0.05) is 18.2 Å². The molecule has 0 saturated carbocycles. The molecule has 0 aliphatic heterocycles. The lowest BCUT2D eigenvalue weighted by atomic mass is 9.80. The van der Waals surface area contributed by atoms with Crippen molar-refractivity contribution in [2.75, 3.05) is 13.2 Å². The van der Waals surface area contributed by atoms with Crippen molar-refractivity contribution < 1.29 is 23.9 Å². The molecule has 20 heavy (non-hydrogen) atoms. The maximum atomic E-state index is 12.9. The number of hydrogen-bond acceptors (Lipinski definition) is 4. The molecule has 0 heterocycles. The minimum atomic E-state index is -1.49. The third-order valence-electron chi connectivity index (χ3n) is 2.60. The van der Waals surface area contributed by atoms with E-state index in [-0.39, 0.29) is 12.4 Å². The van der Waals surface area contributed by atoms with E-state index in [9.17, 15) is 4.39 Å². The standard InChI is InChI=1S/C14H14BFO4/c16-12-2-1-3-14(10-12)20-9-8-19-13-6-4-11(5-7-13)15(17)18/h1-7,10,17-18H,8-9H2. The lowest BCUT2D eigenvalue weighted by Crippen LogP contribution is -2.29. The zero-order valence-electron chi connectivity index (χ0n) is 10.7. The predicted molar refractivity (Wildman–Crippen MR) is 73.7 cm³/mol. The minimum absolute atomic E-state index is 0.286. The number of hydrogen-bond donors (Lipinski definition) is 2. The molecule has 2 aromatic rings. The first-order valence-electron chi connectivity index (χ1n) is 6.12. The van der Waals surface area contributed by atoms with Crippen molar-refractivity contribution in [3.05, 3.63) is 54.3 Å². The highest BCUT2D eigenvalue weighted by atomic mass is 19.1. The topological polar surface area (TPSA) is 58.9 Å². The summed E-state index contributed by atoms with van der Waals surface area (Å²) in [5, 5.41) is 17.9. The molecule has 2 N–H and O–H groups in total. The van der Waals surface area contributed by atoms with Crippen molar-refractivity contribution in [1.82, 2.24) is 0 Å². The molecule has 0 spiro atoms. The minimum Gasteiger partial charge on any atom is -0.490 e. The highest BCUT2D eigenvalue weighted by Crippen LogP contribution is 2.12. The molecule has 0 aliphatic rings. The SMILES string of the molecule is OB(O)c1ccc(OCCOc2cccc(F)c2)cc1. The van der Waals surface area contributed by atoms with Crippen LogP contribution in [0.2, 0.25) is 0 Å².